The summed E-state index contributed by atoms with van der Waals surface area (Å²) in [5.74, 6) is 0. The summed E-state index contributed by atoms with van der Waals surface area (Å²) in [6.45, 7) is 4.57. The Hall–Kier alpha value is -0.560. The third-order valence-electron chi connectivity index (χ3n) is 6.11. The first-order valence-electron chi connectivity index (χ1n) is 13.2. The zero-order chi connectivity index (χ0) is 21.4. The number of unbranched alkanes of at least 4 members (excludes halogenated alkanes) is 13. The highest BCUT2D eigenvalue weighted by atomic mass is 15.1. The van der Waals surface area contributed by atoms with E-state index in [0.717, 1.165) is 12.5 Å². The topological polar surface area (TPSA) is 3.24 Å². The predicted octanol–water partition coefficient (Wildman–Crippen LogP) is 9.48. The monoisotopic (exact) mass is 405 g/mol. The lowest BCUT2D eigenvalue weighted by atomic mass is 9.99. The van der Waals surface area contributed by atoms with Crippen LogP contribution in [0.4, 0.5) is 0 Å². The van der Waals surface area contributed by atoms with Crippen LogP contribution in [0.1, 0.15) is 136 Å². The number of allylic oxidation sites excluding steroid dienone is 4. The van der Waals surface area contributed by atoms with Crippen LogP contribution in [0.5, 0.6) is 0 Å². The summed E-state index contributed by atoms with van der Waals surface area (Å²) in [7, 11) is 4.53. The van der Waals surface area contributed by atoms with Gasteiger partial charge in [0.1, 0.15) is 0 Å². The molecule has 0 aliphatic rings. The second-order valence-electron chi connectivity index (χ2n) is 9.19. The first-order chi connectivity index (χ1) is 14.2. The molecule has 0 N–H and O–H groups in total. The van der Waals surface area contributed by atoms with E-state index in [-0.39, 0.29) is 0 Å². The molecule has 0 aromatic carbocycles. The van der Waals surface area contributed by atoms with Crippen molar-refractivity contribution in [3.8, 4) is 0 Å². The average Bonchev–Trinajstić information content (AvgIpc) is 2.71. The molecule has 1 unspecified atom stereocenters. The van der Waals surface area contributed by atoms with Crippen molar-refractivity contribution in [3.05, 3.63) is 24.3 Å². The van der Waals surface area contributed by atoms with E-state index in [4.69, 9.17) is 0 Å². The molecule has 0 saturated carbocycles. The number of nitrogens with zero attached hydrogens (tertiary/aromatic N) is 1. The van der Waals surface area contributed by atoms with Gasteiger partial charge in [0.05, 0.1) is 0 Å². The van der Waals surface area contributed by atoms with Crippen LogP contribution in [0, 0.1) is 0 Å². The molecule has 0 fully saturated rings. The maximum absolute atomic E-state index is 2.46. The summed E-state index contributed by atoms with van der Waals surface area (Å²) in [6.07, 6.45) is 35.5. The Morgan fingerprint density at radius 1 is 0.517 bits per heavy atom. The van der Waals surface area contributed by atoms with Gasteiger partial charge in [-0.15, -0.1) is 0 Å². The largest absolute Gasteiger partial charge is 0.306 e. The third kappa shape index (κ3) is 22.0. The van der Waals surface area contributed by atoms with Gasteiger partial charge >= 0.3 is 0 Å². The van der Waals surface area contributed by atoms with Crippen LogP contribution in [0.15, 0.2) is 24.3 Å². The fourth-order valence-corrected chi connectivity index (χ4v) is 4.01. The highest BCUT2D eigenvalue weighted by molar-refractivity contribution is 4.92. The van der Waals surface area contributed by atoms with E-state index in [1.807, 2.05) is 0 Å². The molecule has 0 bridgehead atoms. The molecule has 0 radical (unpaired) electrons. The Balaban J connectivity index is 3.41. The smallest absolute Gasteiger partial charge is 0.00891 e. The van der Waals surface area contributed by atoms with Crippen LogP contribution in [0.3, 0.4) is 0 Å². The summed E-state index contributed by atoms with van der Waals surface area (Å²) in [6, 6.07) is 0.810. The SMILES string of the molecule is CCCCCC=CCC=CCCCCCCCCCC(CCCCCC)N(C)C. The molecular weight excluding hydrogens is 350 g/mol. The van der Waals surface area contributed by atoms with Gasteiger partial charge < -0.3 is 4.90 Å². The fourth-order valence-electron chi connectivity index (χ4n) is 4.01. The predicted molar refractivity (Wildman–Crippen MR) is 135 cm³/mol. The quantitative estimate of drug-likeness (QED) is 0.128. The first kappa shape index (κ1) is 28.4. The van der Waals surface area contributed by atoms with E-state index in [9.17, 15) is 0 Å². The van der Waals surface area contributed by atoms with Crippen molar-refractivity contribution < 1.29 is 0 Å². The van der Waals surface area contributed by atoms with Gasteiger partial charge in [-0.25, -0.2) is 0 Å². The van der Waals surface area contributed by atoms with Crippen LogP contribution in [0.25, 0.3) is 0 Å². The summed E-state index contributed by atoms with van der Waals surface area (Å²) in [5, 5.41) is 0. The second kappa shape index (κ2) is 23.7. The molecule has 0 aliphatic carbocycles. The zero-order valence-corrected chi connectivity index (χ0v) is 20.8. The molecule has 0 rings (SSSR count). The summed E-state index contributed by atoms with van der Waals surface area (Å²) >= 11 is 0. The molecule has 1 atom stereocenters. The molecule has 0 heterocycles. The summed E-state index contributed by atoms with van der Waals surface area (Å²) < 4.78 is 0. The van der Waals surface area contributed by atoms with Gasteiger partial charge in [0.2, 0.25) is 0 Å². The van der Waals surface area contributed by atoms with Crippen LogP contribution in [0.2, 0.25) is 0 Å². The highest BCUT2D eigenvalue weighted by Crippen LogP contribution is 2.17. The molecule has 0 spiro atoms. The maximum atomic E-state index is 2.46. The lowest BCUT2D eigenvalue weighted by Crippen LogP contribution is -2.27. The van der Waals surface area contributed by atoms with Gasteiger partial charge in [-0.05, 0) is 59.0 Å². The van der Waals surface area contributed by atoms with E-state index < -0.39 is 0 Å². The highest BCUT2D eigenvalue weighted by Gasteiger charge is 2.10. The van der Waals surface area contributed by atoms with Crippen molar-refractivity contribution in [2.24, 2.45) is 0 Å². The maximum Gasteiger partial charge on any atom is 0.00891 e. The van der Waals surface area contributed by atoms with E-state index >= 15 is 0 Å². The normalized spacial score (nSPS) is 13.3. The van der Waals surface area contributed by atoms with E-state index in [1.165, 1.54) is 116 Å². The van der Waals surface area contributed by atoms with Crippen LogP contribution in [-0.2, 0) is 0 Å². The van der Waals surface area contributed by atoms with Crippen LogP contribution < -0.4 is 0 Å². The summed E-state index contributed by atoms with van der Waals surface area (Å²) in [5.41, 5.74) is 0. The Labute approximate surface area is 185 Å². The van der Waals surface area contributed by atoms with E-state index in [2.05, 4.69) is 57.1 Å². The minimum absolute atomic E-state index is 0.810. The van der Waals surface area contributed by atoms with Gasteiger partial charge in [0, 0.05) is 6.04 Å². The lowest BCUT2D eigenvalue weighted by molar-refractivity contribution is 0.251. The Morgan fingerprint density at radius 3 is 1.45 bits per heavy atom. The Bertz CT molecular complexity index is 355. The minimum Gasteiger partial charge on any atom is -0.306 e. The van der Waals surface area contributed by atoms with Crippen molar-refractivity contribution in [2.75, 3.05) is 14.1 Å². The van der Waals surface area contributed by atoms with Crippen molar-refractivity contribution in [2.45, 2.75) is 142 Å². The number of hydrogen-bond acceptors (Lipinski definition) is 1. The zero-order valence-electron chi connectivity index (χ0n) is 20.8. The molecule has 0 aromatic heterocycles. The van der Waals surface area contributed by atoms with Crippen molar-refractivity contribution >= 4 is 0 Å². The molecule has 1 nitrogen and oxygen atoms in total. The number of hydrogen-bond donors (Lipinski definition) is 0. The van der Waals surface area contributed by atoms with Crippen molar-refractivity contribution in [3.63, 3.8) is 0 Å². The standard InChI is InChI=1S/C28H55N/c1-5-7-9-11-12-13-14-15-16-17-18-19-20-21-22-23-25-27-28(29(3)4)26-24-10-8-6-2/h12-13,15-16,28H,5-11,14,17-27H2,1-4H3. The van der Waals surface area contributed by atoms with Crippen molar-refractivity contribution in [1.82, 2.24) is 4.90 Å². The van der Waals surface area contributed by atoms with Crippen LogP contribution >= 0.6 is 0 Å². The average molecular weight is 406 g/mol. The molecule has 0 aromatic rings. The van der Waals surface area contributed by atoms with Crippen molar-refractivity contribution in [1.29, 1.82) is 0 Å². The molecule has 29 heavy (non-hydrogen) atoms. The van der Waals surface area contributed by atoms with Gasteiger partial charge in [0.25, 0.3) is 0 Å². The Kier molecular flexibility index (Phi) is 23.3. The van der Waals surface area contributed by atoms with E-state index in [1.54, 1.807) is 0 Å². The van der Waals surface area contributed by atoms with Gasteiger partial charge in [0.15, 0.2) is 0 Å². The lowest BCUT2D eigenvalue weighted by Gasteiger charge is -2.24. The Morgan fingerprint density at radius 2 is 0.931 bits per heavy atom. The molecule has 172 valence electrons. The molecular formula is C28H55N. The van der Waals surface area contributed by atoms with Crippen LogP contribution in [-0.4, -0.2) is 25.0 Å². The van der Waals surface area contributed by atoms with Gasteiger partial charge in [-0.3, -0.25) is 0 Å². The molecule has 0 saturated heterocycles. The summed E-state index contributed by atoms with van der Waals surface area (Å²) in [4.78, 5) is 2.46. The molecule has 1 heteroatoms. The van der Waals surface area contributed by atoms with Gasteiger partial charge in [-0.1, -0.05) is 115 Å². The first-order valence-corrected chi connectivity index (χ1v) is 13.2. The number of rotatable bonds is 22. The molecule has 0 amide bonds. The minimum atomic E-state index is 0.810. The molecule has 0 aliphatic heterocycles. The van der Waals surface area contributed by atoms with Gasteiger partial charge in [-0.2, -0.15) is 0 Å². The van der Waals surface area contributed by atoms with E-state index in [0.29, 0.717) is 0 Å². The third-order valence-corrected chi connectivity index (χ3v) is 6.11. The fraction of sp³-hybridized carbons (Fsp3) is 0.857. The second-order valence-corrected chi connectivity index (χ2v) is 9.19.